The number of carbonyl (C=O) groups excluding carboxylic acids is 3. The molecule has 1 saturated heterocycles. The number of nitrogens with one attached hydrogen (secondary N) is 1. The summed E-state index contributed by atoms with van der Waals surface area (Å²) in [6.07, 6.45) is -0.361. The van der Waals surface area contributed by atoms with Crippen molar-refractivity contribution >= 4 is 17.8 Å². The van der Waals surface area contributed by atoms with E-state index in [4.69, 9.17) is 9.47 Å². The van der Waals surface area contributed by atoms with Gasteiger partial charge >= 0.3 is 6.03 Å². The Hall–Kier alpha value is -4.33. The fourth-order valence-electron chi connectivity index (χ4n) is 4.70. The molecule has 8 heteroatoms. The van der Waals surface area contributed by atoms with Crippen LogP contribution in [0.25, 0.3) is 0 Å². The molecule has 1 N–H and O–H groups in total. The Morgan fingerprint density at radius 1 is 0.944 bits per heavy atom. The minimum Gasteiger partial charge on any atom is -0.486 e. The molecule has 0 saturated carbocycles. The van der Waals surface area contributed by atoms with Crippen LogP contribution in [-0.4, -0.2) is 60.0 Å². The van der Waals surface area contributed by atoms with Gasteiger partial charge in [-0.1, -0.05) is 72.8 Å². The Kier molecular flexibility index (Phi) is 6.33. The predicted molar refractivity (Wildman–Crippen MR) is 133 cm³/mol. The molecule has 0 spiro atoms. The standard InChI is InChI=1S/C28H27N3O5/c1-2-30(17-22-19-35-23-15-9-10-16-24(23)36-22)25(32)18-31-26(33)28(29-27(31)34,20-11-5-3-6-12-20)21-13-7-4-8-14-21/h3-16,22H,2,17-19H2,1H3,(H,29,34)/t22-/m1/s1. The van der Waals surface area contributed by atoms with Gasteiger partial charge in [0, 0.05) is 6.54 Å². The number of carbonyl (C=O) groups is 3. The molecule has 0 bridgehead atoms. The van der Waals surface area contributed by atoms with Crippen molar-refractivity contribution in [2.24, 2.45) is 0 Å². The lowest BCUT2D eigenvalue weighted by Gasteiger charge is -2.31. The van der Waals surface area contributed by atoms with Crippen LogP contribution in [0, 0.1) is 0 Å². The van der Waals surface area contributed by atoms with Gasteiger partial charge in [-0.15, -0.1) is 0 Å². The Balaban J connectivity index is 1.35. The molecule has 3 aromatic rings. The summed E-state index contributed by atoms with van der Waals surface area (Å²) >= 11 is 0. The zero-order valence-electron chi connectivity index (χ0n) is 19.9. The summed E-state index contributed by atoms with van der Waals surface area (Å²) in [7, 11) is 0. The Morgan fingerprint density at radius 2 is 1.53 bits per heavy atom. The highest BCUT2D eigenvalue weighted by Gasteiger charge is 2.54. The quantitative estimate of drug-likeness (QED) is 0.520. The van der Waals surface area contributed by atoms with E-state index in [1.165, 1.54) is 0 Å². The van der Waals surface area contributed by atoms with Crippen molar-refractivity contribution in [3.63, 3.8) is 0 Å². The van der Waals surface area contributed by atoms with E-state index in [1.54, 1.807) is 29.2 Å². The molecule has 0 aliphatic carbocycles. The van der Waals surface area contributed by atoms with Crippen molar-refractivity contribution in [3.05, 3.63) is 96.1 Å². The molecule has 8 nitrogen and oxygen atoms in total. The van der Waals surface area contributed by atoms with Crippen LogP contribution in [0.2, 0.25) is 0 Å². The first-order chi connectivity index (χ1) is 17.5. The lowest BCUT2D eigenvalue weighted by molar-refractivity contribution is -0.139. The first-order valence-electron chi connectivity index (χ1n) is 11.9. The van der Waals surface area contributed by atoms with Crippen molar-refractivity contribution in [1.82, 2.24) is 15.1 Å². The summed E-state index contributed by atoms with van der Waals surface area (Å²) in [6, 6.07) is 24.9. The van der Waals surface area contributed by atoms with Crippen LogP contribution in [-0.2, 0) is 15.1 Å². The van der Waals surface area contributed by atoms with E-state index in [-0.39, 0.29) is 25.1 Å². The highest BCUT2D eigenvalue weighted by atomic mass is 16.6. The molecular weight excluding hydrogens is 458 g/mol. The van der Waals surface area contributed by atoms with Crippen LogP contribution < -0.4 is 14.8 Å². The smallest absolute Gasteiger partial charge is 0.326 e. The Bertz CT molecular complexity index is 1220. The van der Waals surface area contributed by atoms with Crippen LogP contribution in [0.4, 0.5) is 4.79 Å². The van der Waals surface area contributed by atoms with E-state index in [9.17, 15) is 14.4 Å². The summed E-state index contributed by atoms with van der Waals surface area (Å²) in [5.74, 6) is 0.461. The van der Waals surface area contributed by atoms with Gasteiger partial charge in [-0.05, 0) is 30.2 Å². The molecule has 0 unspecified atom stereocenters. The normalized spacial score (nSPS) is 18.0. The number of likely N-dealkylation sites (N-methyl/N-ethyl adjacent to an activating group) is 1. The summed E-state index contributed by atoms with van der Waals surface area (Å²) in [5.41, 5.74) is -0.146. The van der Waals surface area contributed by atoms with E-state index in [2.05, 4.69) is 5.32 Å². The molecule has 2 aliphatic rings. The van der Waals surface area contributed by atoms with Gasteiger partial charge < -0.3 is 19.7 Å². The van der Waals surface area contributed by atoms with Crippen molar-refractivity contribution in [2.75, 3.05) is 26.2 Å². The minimum atomic E-state index is -1.40. The fourth-order valence-corrected chi connectivity index (χ4v) is 4.70. The van der Waals surface area contributed by atoms with Crippen LogP contribution in [0.3, 0.4) is 0 Å². The van der Waals surface area contributed by atoms with E-state index in [0.29, 0.717) is 35.8 Å². The van der Waals surface area contributed by atoms with Crippen LogP contribution in [0.1, 0.15) is 18.1 Å². The van der Waals surface area contributed by atoms with Gasteiger partial charge in [0.05, 0.1) is 6.54 Å². The number of ether oxygens (including phenoxy) is 2. The maximum Gasteiger partial charge on any atom is 0.326 e. The van der Waals surface area contributed by atoms with Gasteiger partial charge in [-0.2, -0.15) is 0 Å². The monoisotopic (exact) mass is 485 g/mol. The molecule has 1 atom stereocenters. The molecule has 2 heterocycles. The fraction of sp³-hybridized carbons (Fsp3) is 0.250. The average Bonchev–Trinajstić information content (AvgIpc) is 3.18. The second-order valence-corrected chi connectivity index (χ2v) is 8.73. The van der Waals surface area contributed by atoms with Gasteiger partial charge in [0.15, 0.2) is 23.1 Å². The summed E-state index contributed by atoms with van der Waals surface area (Å²) in [5, 5.41) is 2.88. The zero-order chi connectivity index (χ0) is 25.1. The van der Waals surface area contributed by atoms with E-state index < -0.39 is 17.5 Å². The number of benzene rings is 3. The molecule has 1 fully saturated rings. The number of imide groups is 1. The maximum atomic E-state index is 13.8. The van der Waals surface area contributed by atoms with Crippen molar-refractivity contribution < 1.29 is 23.9 Å². The number of hydrogen-bond acceptors (Lipinski definition) is 5. The molecule has 4 amide bonds. The van der Waals surface area contributed by atoms with Gasteiger partial charge in [0.2, 0.25) is 5.91 Å². The first-order valence-corrected chi connectivity index (χ1v) is 11.9. The zero-order valence-corrected chi connectivity index (χ0v) is 19.9. The summed E-state index contributed by atoms with van der Waals surface area (Å²) < 4.78 is 11.8. The van der Waals surface area contributed by atoms with E-state index in [1.807, 2.05) is 67.6 Å². The van der Waals surface area contributed by atoms with Crippen LogP contribution in [0.5, 0.6) is 11.5 Å². The molecule has 184 valence electrons. The van der Waals surface area contributed by atoms with Crippen molar-refractivity contribution in [1.29, 1.82) is 0 Å². The average molecular weight is 486 g/mol. The molecule has 2 aliphatic heterocycles. The van der Waals surface area contributed by atoms with Gasteiger partial charge in [0.25, 0.3) is 5.91 Å². The number of amides is 4. The van der Waals surface area contributed by atoms with Gasteiger partial charge in [0.1, 0.15) is 13.2 Å². The molecule has 0 radical (unpaired) electrons. The highest BCUT2D eigenvalue weighted by molar-refractivity contribution is 6.11. The molecular formula is C28H27N3O5. The highest BCUT2D eigenvalue weighted by Crippen LogP contribution is 2.36. The second-order valence-electron chi connectivity index (χ2n) is 8.73. The number of nitrogens with zero attached hydrogens (tertiary/aromatic N) is 2. The third-order valence-electron chi connectivity index (χ3n) is 6.54. The minimum absolute atomic E-state index is 0.274. The predicted octanol–water partition coefficient (Wildman–Crippen LogP) is 3.17. The largest absolute Gasteiger partial charge is 0.486 e. The van der Waals surface area contributed by atoms with E-state index in [0.717, 1.165) is 4.90 Å². The van der Waals surface area contributed by atoms with Crippen LogP contribution in [0.15, 0.2) is 84.9 Å². The number of para-hydroxylation sites is 2. The van der Waals surface area contributed by atoms with Crippen molar-refractivity contribution in [2.45, 2.75) is 18.6 Å². The summed E-state index contributed by atoms with van der Waals surface area (Å²) in [6.45, 7) is 2.45. The lowest BCUT2D eigenvalue weighted by Crippen LogP contribution is -2.49. The Labute approximate surface area is 209 Å². The lowest BCUT2D eigenvalue weighted by atomic mass is 9.82. The van der Waals surface area contributed by atoms with Gasteiger partial charge in [-0.3, -0.25) is 14.5 Å². The maximum absolute atomic E-state index is 13.8. The molecule has 3 aromatic carbocycles. The molecule has 36 heavy (non-hydrogen) atoms. The third-order valence-corrected chi connectivity index (χ3v) is 6.54. The Morgan fingerprint density at radius 3 is 2.14 bits per heavy atom. The number of fused-ring (bicyclic) bond motifs is 1. The first kappa shape index (κ1) is 23.4. The number of hydrogen-bond donors (Lipinski definition) is 1. The number of urea groups is 1. The van der Waals surface area contributed by atoms with Crippen molar-refractivity contribution in [3.8, 4) is 11.5 Å². The van der Waals surface area contributed by atoms with Crippen LogP contribution >= 0.6 is 0 Å². The van der Waals surface area contributed by atoms with Gasteiger partial charge in [-0.25, -0.2) is 4.79 Å². The number of rotatable bonds is 7. The second kappa shape index (κ2) is 9.73. The topological polar surface area (TPSA) is 88.2 Å². The molecule has 0 aromatic heterocycles. The molecule has 5 rings (SSSR count). The third kappa shape index (κ3) is 4.15. The van der Waals surface area contributed by atoms with E-state index >= 15 is 0 Å². The SMILES string of the molecule is CCN(C[C@@H]1COc2ccccc2O1)C(=O)CN1C(=O)NC(c2ccccc2)(c2ccccc2)C1=O. The summed E-state index contributed by atoms with van der Waals surface area (Å²) in [4.78, 5) is 42.8.